The zero-order valence-corrected chi connectivity index (χ0v) is 10.6. The van der Waals surface area contributed by atoms with Gasteiger partial charge in [-0.2, -0.15) is 4.39 Å². The fourth-order valence-electron chi connectivity index (χ4n) is 1.62. The highest BCUT2D eigenvalue weighted by atomic mass is 19.1. The van der Waals surface area contributed by atoms with Crippen LogP contribution in [0.15, 0.2) is 42.5 Å². The van der Waals surface area contributed by atoms with E-state index in [0.29, 0.717) is 17.7 Å². The van der Waals surface area contributed by atoms with E-state index in [0.717, 1.165) is 0 Å². The van der Waals surface area contributed by atoms with Crippen molar-refractivity contribution in [2.75, 3.05) is 6.61 Å². The second kappa shape index (κ2) is 6.08. The minimum atomic E-state index is -1.23. The van der Waals surface area contributed by atoms with Crippen molar-refractivity contribution < 1.29 is 23.2 Å². The highest BCUT2D eigenvalue weighted by Gasteiger charge is 2.20. The van der Waals surface area contributed by atoms with Gasteiger partial charge in [0.05, 0.1) is 11.0 Å². The first kappa shape index (κ1) is 14.6. The van der Waals surface area contributed by atoms with Gasteiger partial charge in [-0.05, 0) is 0 Å². The van der Waals surface area contributed by atoms with Gasteiger partial charge in [0, 0.05) is 11.6 Å². The number of rotatable bonds is 5. The Morgan fingerprint density at radius 1 is 1.14 bits per heavy atom. The van der Waals surface area contributed by atoms with Crippen LogP contribution in [0.3, 0.4) is 0 Å². The van der Waals surface area contributed by atoms with Crippen LogP contribution in [0.1, 0.15) is 10.4 Å². The molecule has 0 N–H and O–H groups in total. The number of nitro benzene ring substituents is 1. The lowest BCUT2D eigenvalue weighted by atomic mass is 10.1. The Hall–Kier alpha value is -2.83. The molecule has 0 aliphatic carbocycles. The van der Waals surface area contributed by atoms with Crippen molar-refractivity contribution in [2.45, 2.75) is 0 Å². The van der Waals surface area contributed by atoms with Crippen molar-refractivity contribution in [3.05, 3.63) is 69.8 Å². The number of ether oxygens (including phenoxy) is 1. The van der Waals surface area contributed by atoms with Crippen molar-refractivity contribution in [2.24, 2.45) is 0 Å². The third-order valence-electron chi connectivity index (χ3n) is 2.65. The molecule has 0 spiro atoms. The molecule has 2 rings (SSSR count). The van der Waals surface area contributed by atoms with E-state index in [4.69, 9.17) is 4.74 Å². The molecule has 5 nitrogen and oxygen atoms in total. The Bertz CT molecular complexity index is 689. The topological polar surface area (TPSA) is 69.4 Å². The van der Waals surface area contributed by atoms with Crippen LogP contribution in [0, 0.1) is 21.7 Å². The minimum Gasteiger partial charge on any atom is -0.482 e. The lowest BCUT2D eigenvalue weighted by Crippen LogP contribution is -2.12. The number of hydrogen-bond donors (Lipinski definition) is 0. The molecule has 2 aromatic rings. The maximum atomic E-state index is 13.5. The van der Waals surface area contributed by atoms with Gasteiger partial charge < -0.3 is 4.74 Å². The zero-order valence-electron chi connectivity index (χ0n) is 10.6. The van der Waals surface area contributed by atoms with Gasteiger partial charge in [-0.25, -0.2) is 4.39 Å². The molecule has 0 saturated carbocycles. The molecule has 0 aromatic heterocycles. The first-order valence-electron chi connectivity index (χ1n) is 5.83. The monoisotopic (exact) mass is 293 g/mol. The molecule has 0 unspecified atom stereocenters. The summed E-state index contributed by atoms with van der Waals surface area (Å²) in [6, 6.07) is 9.10. The number of nitrogens with zero attached hydrogens (tertiary/aromatic N) is 1. The predicted octanol–water partition coefficient (Wildman–Crippen LogP) is 3.13. The van der Waals surface area contributed by atoms with Crippen molar-refractivity contribution in [1.82, 2.24) is 0 Å². The molecule has 0 aliphatic rings. The molecule has 21 heavy (non-hydrogen) atoms. The largest absolute Gasteiger partial charge is 0.482 e. The normalized spacial score (nSPS) is 10.2. The fourth-order valence-corrected chi connectivity index (χ4v) is 1.62. The summed E-state index contributed by atoms with van der Waals surface area (Å²) in [6.45, 7) is -0.502. The molecule has 0 radical (unpaired) electrons. The van der Waals surface area contributed by atoms with E-state index >= 15 is 0 Å². The van der Waals surface area contributed by atoms with E-state index in [1.165, 1.54) is 0 Å². The van der Waals surface area contributed by atoms with Gasteiger partial charge in [0.15, 0.2) is 24.0 Å². The lowest BCUT2D eigenvalue weighted by molar-refractivity contribution is -0.387. The number of carbonyl (C=O) groups is 1. The quantitative estimate of drug-likeness (QED) is 0.482. The molecule has 2 aromatic carbocycles. The summed E-state index contributed by atoms with van der Waals surface area (Å²) < 4.78 is 31.8. The first-order valence-corrected chi connectivity index (χ1v) is 5.83. The SMILES string of the molecule is O=C(COc1cc(F)c([N+](=O)[O-])cc1F)c1ccccc1. The van der Waals surface area contributed by atoms with Crippen molar-refractivity contribution in [3.8, 4) is 5.75 Å². The van der Waals surface area contributed by atoms with Gasteiger partial charge >= 0.3 is 5.69 Å². The van der Waals surface area contributed by atoms with Gasteiger partial charge in [0.1, 0.15) is 0 Å². The number of halogens is 2. The summed E-state index contributed by atoms with van der Waals surface area (Å²) in [5.41, 5.74) is -0.630. The summed E-state index contributed by atoms with van der Waals surface area (Å²) in [7, 11) is 0. The number of nitro groups is 1. The third kappa shape index (κ3) is 3.38. The highest BCUT2D eigenvalue weighted by Crippen LogP contribution is 2.26. The van der Waals surface area contributed by atoms with Crippen LogP contribution < -0.4 is 4.74 Å². The second-order valence-electron chi connectivity index (χ2n) is 4.07. The summed E-state index contributed by atoms with van der Waals surface area (Å²) in [4.78, 5) is 21.1. The lowest BCUT2D eigenvalue weighted by Gasteiger charge is -2.07. The van der Waals surface area contributed by atoms with E-state index in [1.807, 2.05) is 0 Å². The van der Waals surface area contributed by atoms with Crippen LogP contribution in [0.5, 0.6) is 5.75 Å². The summed E-state index contributed by atoms with van der Waals surface area (Å²) in [5.74, 6) is -3.32. The molecule has 0 aliphatic heterocycles. The number of carbonyl (C=O) groups excluding carboxylic acids is 1. The average Bonchev–Trinajstić information content (AvgIpc) is 2.48. The predicted molar refractivity (Wildman–Crippen MR) is 69.3 cm³/mol. The Balaban J connectivity index is 2.12. The molecular formula is C14H9F2NO4. The Kier molecular flexibility index (Phi) is 4.22. The molecule has 0 bridgehead atoms. The van der Waals surface area contributed by atoms with Crippen LogP contribution in [0.25, 0.3) is 0 Å². The molecule has 0 atom stereocenters. The minimum absolute atomic E-state index is 0.361. The Morgan fingerprint density at radius 3 is 2.43 bits per heavy atom. The van der Waals surface area contributed by atoms with E-state index < -0.39 is 40.4 Å². The van der Waals surface area contributed by atoms with E-state index in [1.54, 1.807) is 30.3 Å². The van der Waals surface area contributed by atoms with E-state index in [9.17, 15) is 23.7 Å². The highest BCUT2D eigenvalue weighted by molar-refractivity contribution is 5.97. The van der Waals surface area contributed by atoms with E-state index in [2.05, 4.69) is 0 Å². The molecule has 0 saturated heterocycles. The first-order chi connectivity index (χ1) is 9.99. The number of ketones is 1. The fraction of sp³-hybridized carbons (Fsp3) is 0.0714. The van der Waals surface area contributed by atoms with Crippen LogP contribution in [0.4, 0.5) is 14.5 Å². The maximum Gasteiger partial charge on any atom is 0.307 e. The van der Waals surface area contributed by atoms with Crippen LogP contribution in [-0.4, -0.2) is 17.3 Å². The van der Waals surface area contributed by atoms with Crippen molar-refractivity contribution in [1.29, 1.82) is 0 Å². The molecule has 108 valence electrons. The van der Waals surface area contributed by atoms with Crippen LogP contribution in [0.2, 0.25) is 0 Å². The van der Waals surface area contributed by atoms with Gasteiger partial charge in [0.25, 0.3) is 0 Å². The number of benzene rings is 2. The molecular weight excluding hydrogens is 284 g/mol. The Labute approximate surface area is 117 Å². The van der Waals surface area contributed by atoms with Gasteiger partial charge in [-0.3, -0.25) is 14.9 Å². The Morgan fingerprint density at radius 2 is 1.81 bits per heavy atom. The zero-order chi connectivity index (χ0) is 15.4. The molecule has 0 amide bonds. The van der Waals surface area contributed by atoms with Crippen LogP contribution in [-0.2, 0) is 0 Å². The molecule has 0 heterocycles. The molecule has 0 fully saturated rings. The summed E-state index contributed by atoms with van der Waals surface area (Å²) in [5, 5.41) is 10.4. The number of Topliss-reactive ketones (excluding diaryl/α,β-unsaturated/α-hetero) is 1. The molecule has 7 heteroatoms. The van der Waals surface area contributed by atoms with Gasteiger partial charge in [-0.15, -0.1) is 0 Å². The summed E-state index contributed by atoms with van der Waals surface area (Å²) >= 11 is 0. The number of hydrogen-bond acceptors (Lipinski definition) is 4. The summed E-state index contributed by atoms with van der Waals surface area (Å²) in [6.07, 6.45) is 0. The van der Waals surface area contributed by atoms with Gasteiger partial charge in [0.2, 0.25) is 5.82 Å². The second-order valence-corrected chi connectivity index (χ2v) is 4.07. The smallest absolute Gasteiger partial charge is 0.307 e. The maximum absolute atomic E-state index is 13.5. The standard InChI is InChI=1S/C14H9F2NO4/c15-10-7-14(11(16)6-12(10)17(19)20)21-8-13(18)9-4-2-1-3-5-9/h1-7H,8H2. The van der Waals surface area contributed by atoms with Crippen molar-refractivity contribution in [3.63, 3.8) is 0 Å². The average molecular weight is 293 g/mol. The van der Waals surface area contributed by atoms with Gasteiger partial charge in [-0.1, -0.05) is 30.3 Å². The van der Waals surface area contributed by atoms with Crippen molar-refractivity contribution >= 4 is 11.5 Å². The van der Waals surface area contributed by atoms with Crippen LogP contribution >= 0.6 is 0 Å². The third-order valence-corrected chi connectivity index (χ3v) is 2.65. The van der Waals surface area contributed by atoms with E-state index in [-0.39, 0.29) is 0 Å².